The molecule has 0 amide bonds. The number of hydrogen-bond acceptors (Lipinski definition) is 2. The zero-order valence-corrected chi connectivity index (χ0v) is 13.4. The summed E-state index contributed by atoms with van der Waals surface area (Å²) in [7, 11) is 0. The second-order valence-electron chi connectivity index (χ2n) is 6.44. The van der Waals surface area contributed by atoms with Crippen LogP contribution in [0.2, 0.25) is 0 Å². The van der Waals surface area contributed by atoms with Gasteiger partial charge in [0.15, 0.2) is 0 Å². The van der Waals surface area contributed by atoms with E-state index in [-0.39, 0.29) is 29.0 Å². The quantitative estimate of drug-likeness (QED) is 0.883. The zero-order valence-electron chi connectivity index (χ0n) is 11.8. The van der Waals surface area contributed by atoms with Crippen molar-refractivity contribution < 1.29 is 9.13 Å². The summed E-state index contributed by atoms with van der Waals surface area (Å²) in [6.45, 7) is 8.17. The van der Waals surface area contributed by atoms with E-state index in [0.29, 0.717) is 10.0 Å². The van der Waals surface area contributed by atoms with E-state index in [1.165, 1.54) is 0 Å². The highest BCUT2D eigenvalue weighted by Crippen LogP contribution is 2.47. The van der Waals surface area contributed by atoms with E-state index in [1.54, 1.807) is 12.1 Å². The predicted molar refractivity (Wildman–Crippen MR) is 78.4 cm³/mol. The van der Waals surface area contributed by atoms with Crippen LogP contribution in [0.5, 0.6) is 0 Å². The number of ether oxygens (including phenoxy) is 1. The molecule has 0 spiro atoms. The Morgan fingerprint density at radius 1 is 1.37 bits per heavy atom. The molecule has 1 aliphatic rings. The Labute approximate surface area is 122 Å². The Balaban J connectivity index is 2.34. The van der Waals surface area contributed by atoms with E-state index in [4.69, 9.17) is 10.5 Å². The largest absolute Gasteiger partial charge is 0.369 e. The number of halogens is 2. The van der Waals surface area contributed by atoms with Crippen molar-refractivity contribution in [2.75, 3.05) is 0 Å². The molecule has 2 nitrogen and oxygen atoms in total. The molecular formula is C15H21BrFNO. The van der Waals surface area contributed by atoms with E-state index < -0.39 is 0 Å². The molecule has 1 aliphatic heterocycles. The van der Waals surface area contributed by atoms with E-state index in [9.17, 15) is 4.39 Å². The fourth-order valence-electron chi connectivity index (χ4n) is 3.16. The number of hydrogen-bond donors (Lipinski definition) is 1. The second-order valence-corrected chi connectivity index (χ2v) is 7.30. The number of nitrogens with two attached hydrogens (primary N) is 1. The van der Waals surface area contributed by atoms with Crippen LogP contribution in [-0.4, -0.2) is 11.2 Å². The van der Waals surface area contributed by atoms with Crippen molar-refractivity contribution in [2.45, 2.75) is 51.4 Å². The third-order valence-electron chi connectivity index (χ3n) is 3.92. The van der Waals surface area contributed by atoms with E-state index in [1.807, 2.05) is 19.9 Å². The van der Waals surface area contributed by atoms with Gasteiger partial charge in [0, 0.05) is 17.5 Å². The molecule has 0 aliphatic carbocycles. The van der Waals surface area contributed by atoms with Gasteiger partial charge in [0.1, 0.15) is 5.82 Å². The van der Waals surface area contributed by atoms with Crippen LogP contribution in [0.4, 0.5) is 4.39 Å². The summed E-state index contributed by atoms with van der Waals surface area (Å²) in [6.07, 6.45) is 0.827. The molecule has 2 atom stereocenters. The van der Waals surface area contributed by atoms with Gasteiger partial charge >= 0.3 is 0 Å². The van der Waals surface area contributed by atoms with Gasteiger partial charge in [0.2, 0.25) is 0 Å². The maximum Gasteiger partial charge on any atom is 0.142 e. The molecule has 4 heteroatoms. The molecule has 1 aromatic rings. The van der Waals surface area contributed by atoms with Gasteiger partial charge in [0.25, 0.3) is 0 Å². The molecule has 1 heterocycles. The highest BCUT2D eigenvalue weighted by molar-refractivity contribution is 9.10. The minimum absolute atomic E-state index is 0.0892. The van der Waals surface area contributed by atoms with Gasteiger partial charge in [0.05, 0.1) is 15.7 Å². The molecular weight excluding hydrogens is 309 g/mol. The molecule has 1 saturated heterocycles. The van der Waals surface area contributed by atoms with Gasteiger partial charge in [-0.2, -0.15) is 0 Å². The van der Waals surface area contributed by atoms with Gasteiger partial charge in [-0.15, -0.1) is 0 Å². The summed E-state index contributed by atoms with van der Waals surface area (Å²) in [6, 6.07) is 4.89. The first kappa shape index (κ1) is 14.9. The van der Waals surface area contributed by atoms with Crippen LogP contribution in [0.15, 0.2) is 22.7 Å². The van der Waals surface area contributed by atoms with Crippen LogP contribution in [-0.2, 0) is 4.74 Å². The highest BCUT2D eigenvalue weighted by atomic mass is 79.9. The fourth-order valence-corrected chi connectivity index (χ4v) is 3.54. The van der Waals surface area contributed by atoms with Crippen LogP contribution in [0, 0.1) is 11.7 Å². The SMILES string of the molecule is CC1(C)CC(C(N)c2cccc(Br)c2F)C(C)(C)O1. The monoisotopic (exact) mass is 329 g/mol. The van der Waals surface area contributed by atoms with Gasteiger partial charge in [-0.1, -0.05) is 12.1 Å². The zero-order chi connectivity index (χ0) is 14.4. The predicted octanol–water partition coefficient (Wildman–Crippen LogP) is 4.18. The first-order chi connectivity index (χ1) is 8.64. The first-order valence-corrected chi connectivity index (χ1v) is 7.33. The molecule has 2 N–H and O–H groups in total. The first-order valence-electron chi connectivity index (χ1n) is 6.54. The molecule has 0 radical (unpaired) electrons. The van der Waals surface area contributed by atoms with Crippen LogP contribution in [0.3, 0.4) is 0 Å². The molecule has 1 fully saturated rings. The Morgan fingerprint density at radius 3 is 2.53 bits per heavy atom. The van der Waals surface area contributed by atoms with Gasteiger partial charge in [-0.25, -0.2) is 4.39 Å². The van der Waals surface area contributed by atoms with Gasteiger partial charge < -0.3 is 10.5 Å². The third-order valence-corrected chi connectivity index (χ3v) is 4.53. The summed E-state index contributed by atoms with van der Waals surface area (Å²) in [5.74, 6) is -0.179. The standard InChI is InChI=1S/C15H21BrFNO/c1-14(2)8-10(15(3,4)19-14)13(18)9-6-5-7-11(16)12(9)17/h5-7,10,13H,8,18H2,1-4H3. The molecule has 106 valence electrons. The summed E-state index contributed by atoms with van der Waals surface area (Å²) in [4.78, 5) is 0. The Morgan fingerprint density at radius 2 is 2.00 bits per heavy atom. The van der Waals surface area contributed by atoms with Crippen LogP contribution in [0.25, 0.3) is 0 Å². The molecule has 0 aromatic heterocycles. The Bertz CT molecular complexity index is 487. The molecule has 0 bridgehead atoms. The fraction of sp³-hybridized carbons (Fsp3) is 0.600. The van der Waals surface area contributed by atoms with Crippen LogP contribution >= 0.6 is 15.9 Å². The Hall–Kier alpha value is -0.450. The van der Waals surface area contributed by atoms with Crippen molar-refractivity contribution in [1.82, 2.24) is 0 Å². The van der Waals surface area contributed by atoms with E-state index in [0.717, 1.165) is 6.42 Å². The maximum absolute atomic E-state index is 14.2. The topological polar surface area (TPSA) is 35.2 Å². The minimum Gasteiger partial charge on any atom is -0.369 e. The van der Waals surface area contributed by atoms with Crippen molar-refractivity contribution in [2.24, 2.45) is 11.7 Å². The highest BCUT2D eigenvalue weighted by Gasteiger charge is 2.48. The lowest BCUT2D eigenvalue weighted by Crippen LogP contribution is -2.36. The lowest BCUT2D eigenvalue weighted by atomic mass is 9.79. The van der Waals surface area contributed by atoms with Gasteiger partial charge in [-0.05, 0) is 56.1 Å². The molecule has 2 unspecified atom stereocenters. The summed E-state index contributed by atoms with van der Waals surface area (Å²) in [5.41, 5.74) is 6.31. The molecule has 19 heavy (non-hydrogen) atoms. The summed E-state index contributed by atoms with van der Waals surface area (Å²) < 4.78 is 20.7. The summed E-state index contributed by atoms with van der Waals surface area (Å²) in [5, 5.41) is 0. The average molecular weight is 330 g/mol. The molecule has 1 aromatic carbocycles. The smallest absolute Gasteiger partial charge is 0.142 e. The van der Waals surface area contributed by atoms with E-state index >= 15 is 0 Å². The molecule has 2 rings (SSSR count). The average Bonchev–Trinajstić information content (AvgIpc) is 2.50. The van der Waals surface area contributed by atoms with Gasteiger partial charge in [-0.3, -0.25) is 0 Å². The Kier molecular flexibility index (Phi) is 3.80. The lowest BCUT2D eigenvalue weighted by Gasteiger charge is -2.31. The number of benzene rings is 1. The van der Waals surface area contributed by atoms with Crippen molar-refractivity contribution in [3.05, 3.63) is 34.1 Å². The van der Waals surface area contributed by atoms with Crippen LogP contribution < -0.4 is 5.73 Å². The second kappa shape index (κ2) is 4.83. The van der Waals surface area contributed by atoms with Crippen molar-refractivity contribution >= 4 is 15.9 Å². The van der Waals surface area contributed by atoms with Crippen molar-refractivity contribution in [3.63, 3.8) is 0 Å². The van der Waals surface area contributed by atoms with E-state index in [2.05, 4.69) is 29.8 Å². The summed E-state index contributed by atoms with van der Waals surface area (Å²) >= 11 is 3.21. The molecule has 0 saturated carbocycles. The van der Waals surface area contributed by atoms with Crippen LogP contribution in [0.1, 0.15) is 45.7 Å². The lowest BCUT2D eigenvalue weighted by molar-refractivity contribution is -0.0768. The van der Waals surface area contributed by atoms with Crippen molar-refractivity contribution in [3.8, 4) is 0 Å². The number of rotatable bonds is 2. The normalized spacial score (nSPS) is 26.4. The maximum atomic E-state index is 14.2. The van der Waals surface area contributed by atoms with Crippen molar-refractivity contribution in [1.29, 1.82) is 0 Å². The third kappa shape index (κ3) is 2.86. The minimum atomic E-state index is -0.366.